The van der Waals surface area contributed by atoms with Gasteiger partial charge in [-0.3, -0.25) is 4.79 Å². The number of carbonyl (C=O) groups is 1. The van der Waals surface area contributed by atoms with Gasteiger partial charge in [-0.1, -0.05) is 0 Å². The summed E-state index contributed by atoms with van der Waals surface area (Å²) in [5.41, 5.74) is 2.22. The van der Waals surface area contributed by atoms with Gasteiger partial charge < -0.3 is 10.3 Å². The first-order valence-corrected chi connectivity index (χ1v) is 6.56. The topological polar surface area (TPSA) is 68.7 Å². The van der Waals surface area contributed by atoms with Gasteiger partial charge in [-0.2, -0.15) is 5.26 Å². The van der Waals surface area contributed by atoms with Crippen LogP contribution >= 0.6 is 0 Å². The van der Waals surface area contributed by atoms with Gasteiger partial charge in [0.15, 0.2) is 5.78 Å². The van der Waals surface area contributed by atoms with E-state index in [9.17, 15) is 4.79 Å². The molecule has 3 rings (SSSR count). The zero-order valence-electron chi connectivity index (χ0n) is 10.6. The van der Waals surface area contributed by atoms with E-state index in [0.29, 0.717) is 5.56 Å². The highest BCUT2D eigenvalue weighted by Gasteiger charge is 2.24. The molecular formula is C15H15N3O. The first kappa shape index (κ1) is 11.9. The maximum atomic E-state index is 12.5. The number of aromatic amines is 1. The smallest absolute Gasteiger partial charge is 0.168 e. The first-order valence-electron chi connectivity index (χ1n) is 6.56. The van der Waals surface area contributed by atoms with E-state index in [4.69, 9.17) is 5.26 Å². The number of nitriles is 1. The van der Waals surface area contributed by atoms with Crippen LogP contribution in [0.1, 0.15) is 28.8 Å². The maximum Gasteiger partial charge on any atom is 0.168 e. The van der Waals surface area contributed by atoms with Crippen molar-refractivity contribution in [2.75, 3.05) is 13.1 Å². The van der Waals surface area contributed by atoms with Crippen molar-refractivity contribution in [2.45, 2.75) is 12.8 Å². The molecule has 0 bridgehead atoms. The number of rotatable bonds is 2. The summed E-state index contributed by atoms with van der Waals surface area (Å²) in [6.45, 7) is 1.81. The number of nitrogens with one attached hydrogen (secondary N) is 2. The highest BCUT2D eigenvalue weighted by atomic mass is 16.1. The minimum Gasteiger partial charge on any atom is -0.360 e. The zero-order chi connectivity index (χ0) is 13.2. The predicted molar refractivity (Wildman–Crippen MR) is 72.9 cm³/mol. The summed E-state index contributed by atoms with van der Waals surface area (Å²) >= 11 is 0. The summed E-state index contributed by atoms with van der Waals surface area (Å²) in [7, 11) is 0. The van der Waals surface area contributed by atoms with E-state index >= 15 is 0 Å². The van der Waals surface area contributed by atoms with Crippen molar-refractivity contribution in [3.8, 4) is 6.07 Å². The number of carbonyl (C=O) groups excluding carboxylic acids is 1. The Morgan fingerprint density at radius 3 is 2.84 bits per heavy atom. The molecule has 0 spiro atoms. The van der Waals surface area contributed by atoms with Crippen LogP contribution in [0.25, 0.3) is 10.9 Å². The molecule has 1 aliphatic heterocycles. The van der Waals surface area contributed by atoms with Crippen LogP contribution in [-0.4, -0.2) is 23.9 Å². The third-order valence-corrected chi connectivity index (χ3v) is 3.79. The van der Waals surface area contributed by atoms with E-state index in [1.807, 2.05) is 6.07 Å². The molecule has 2 heterocycles. The molecule has 0 atom stereocenters. The summed E-state index contributed by atoms with van der Waals surface area (Å²) in [6, 6.07) is 7.53. The molecule has 4 nitrogen and oxygen atoms in total. The Balaban J connectivity index is 2.00. The number of Topliss-reactive ketones (excluding diaryl/α,β-unsaturated/α-hetero) is 1. The Morgan fingerprint density at radius 1 is 1.32 bits per heavy atom. The number of ketones is 1. The standard InChI is InChI=1S/C15H15N3O/c16-8-10-1-2-14-12(7-10)13(9-18-14)15(19)11-3-5-17-6-4-11/h1-2,7,9,11,17-18H,3-6H2. The number of nitrogens with zero attached hydrogens (tertiary/aromatic N) is 1. The molecule has 2 N–H and O–H groups in total. The van der Waals surface area contributed by atoms with Crippen LogP contribution in [0.2, 0.25) is 0 Å². The van der Waals surface area contributed by atoms with Crippen molar-refractivity contribution in [1.29, 1.82) is 5.26 Å². The number of aromatic nitrogens is 1. The van der Waals surface area contributed by atoms with Crippen molar-refractivity contribution in [3.05, 3.63) is 35.5 Å². The Morgan fingerprint density at radius 2 is 2.11 bits per heavy atom. The van der Waals surface area contributed by atoms with Gasteiger partial charge in [0.1, 0.15) is 0 Å². The summed E-state index contributed by atoms with van der Waals surface area (Å²) in [5.74, 6) is 0.300. The molecule has 96 valence electrons. The van der Waals surface area contributed by atoms with Gasteiger partial charge >= 0.3 is 0 Å². The fraction of sp³-hybridized carbons (Fsp3) is 0.333. The first-order chi connectivity index (χ1) is 9.29. The van der Waals surface area contributed by atoms with Crippen LogP contribution in [-0.2, 0) is 0 Å². The number of hydrogen-bond acceptors (Lipinski definition) is 3. The molecular weight excluding hydrogens is 238 g/mol. The quantitative estimate of drug-likeness (QED) is 0.806. The summed E-state index contributed by atoms with van der Waals surface area (Å²) in [4.78, 5) is 15.7. The van der Waals surface area contributed by atoms with E-state index in [2.05, 4.69) is 16.4 Å². The summed E-state index contributed by atoms with van der Waals surface area (Å²) < 4.78 is 0. The van der Waals surface area contributed by atoms with Gasteiger partial charge in [0.05, 0.1) is 11.6 Å². The third kappa shape index (κ3) is 2.13. The predicted octanol–water partition coefficient (Wildman–Crippen LogP) is 2.22. The molecule has 0 amide bonds. The molecule has 1 saturated heterocycles. The van der Waals surface area contributed by atoms with Gasteiger partial charge in [0.25, 0.3) is 0 Å². The van der Waals surface area contributed by atoms with Crippen LogP contribution in [0.15, 0.2) is 24.4 Å². The van der Waals surface area contributed by atoms with Crippen molar-refractivity contribution in [1.82, 2.24) is 10.3 Å². The van der Waals surface area contributed by atoms with E-state index < -0.39 is 0 Å². The number of fused-ring (bicyclic) bond motifs is 1. The molecule has 1 aromatic heterocycles. The van der Waals surface area contributed by atoms with Crippen molar-refractivity contribution in [2.24, 2.45) is 5.92 Å². The molecule has 1 aromatic carbocycles. The van der Waals surface area contributed by atoms with Crippen LogP contribution < -0.4 is 5.32 Å². The molecule has 4 heteroatoms. The zero-order valence-corrected chi connectivity index (χ0v) is 10.6. The number of benzene rings is 1. The lowest BCUT2D eigenvalue weighted by molar-refractivity contribution is 0.0897. The molecule has 2 aromatic rings. The number of piperidine rings is 1. The Kier molecular flexibility index (Phi) is 3.06. The van der Waals surface area contributed by atoms with Crippen LogP contribution in [0, 0.1) is 17.2 Å². The lowest BCUT2D eigenvalue weighted by atomic mass is 9.89. The second kappa shape index (κ2) is 4.87. The van der Waals surface area contributed by atoms with Crippen LogP contribution in [0.3, 0.4) is 0 Å². The number of H-pyrrole nitrogens is 1. The average molecular weight is 253 g/mol. The largest absolute Gasteiger partial charge is 0.360 e. The minimum absolute atomic E-state index is 0.103. The molecule has 0 radical (unpaired) electrons. The fourth-order valence-corrected chi connectivity index (χ4v) is 2.70. The average Bonchev–Trinajstić information content (AvgIpc) is 2.90. The molecule has 19 heavy (non-hydrogen) atoms. The van der Waals surface area contributed by atoms with E-state index in [-0.39, 0.29) is 11.7 Å². The molecule has 0 saturated carbocycles. The molecule has 0 unspecified atom stereocenters. The Bertz CT molecular complexity index is 660. The second-order valence-corrected chi connectivity index (χ2v) is 4.96. The van der Waals surface area contributed by atoms with Gasteiger partial charge in [-0.25, -0.2) is 0 Å². The van der Waals surface area contributed by atoms with Gasteiger partial charge in [-0.15, -0.1) is 0 Å². The number of hydrogen-bond donors (Lipinski definition) is 2. The maximum absolute atomic E-state index is 12.5. The highest BCUT2D eigenvalue weighted by Crippen LogP contribution is 2.25. The monoisotopic (exact) mass is 253 g/mol. The summed E-state index contributed by atoms with van der Waals surface area (Å²) in [5, 5.41) is 13.1. The Labute approximate surface area is 111 Å². The molecule has 1 aliphatic rings. The van der Waals surface area contributed by atoms with Crippen molar-refractivity contribution >= 4 is 16.7 Å². The van der Waals surface area contributed by atoms with Crippen LogP contribution in [0.5, 0.6) is 0 Å². The van der Waals surface area contributed by atoms with E-state index in [1.165, 1.54) is 0 Å². The third-order valence-electron chi connectivity index (χ3n) is 3.79. The van der Waals surface area contributed by atoms with E-state index in [1.54, 1.807) is 18.3 Å². The fourth-order valence-electron chi connectivity index (χ4n) is 2.70. The lowest BCUT2D eigenvalue weighted by Crippen LogP contribution is -2.31. The Hall–Kier alpha value is -2.12. The normalized spacial score (nSPS) is 16.4. The van der Waals surface area contributed by atoms with Gasteiger partial charge in [-0.05, 0) is 44.1 Å². The van der Waals surface area contributed by atoms with Crippen LogP contribution in [0.4, 0.5) is 0 Å². The van der Waals surface area contributed by atoms with Crippen molar-refractivity contribution < 1.29 is 4.79 Å². The SMILES string of the molecule is N#Cc1ccc2[nH]cc(C(=O)C3CCNCC3)c2c1. The second-order valence-electron chi connectivity index (χ2n) is 4.96. The van der Waals surface area contributed by atoms with E-state index in [0.717, 1.165) is 42.4 Å². The molecule has 1 fully saturated rings. The minimum atomic E-state index is 0.103. The molecule has 0 aliphatic carbocycles. The summed E-state index contributed by atoms with van der Waals surface area (Å²) in [6.07, 6.45) is 3.56. The van der Waals surface area contributed by atoms with Gasteiger partial charge in [0.2, 0.25) is 0 Å². The van der Waals surface area contributed by atoms with Crippen molar-refractivity contribution in [3.63, 3.8) is 0 Å². The highest BCUT2D eigenvalue weighted by molar-refractivity contribution is 6.09. The lowest BCUT2D eigenvalue weighted by Gasteiger charge is -2.21. The van der Waals surface area contributed by atoms with Gasteiger partial charge in [0, 0.05) is 28.6 Å².